The summed E-state index contributed by atoms with van der Waals surface area (Å²) in [5, 5.41) is 10.1. The minimum atomic E-state index is -0.588. The van der Waals surface area contributed by atoms with Crippen molar-refractivity contribution in [3.63, 3.8) is 0 Å². The van der Waals surface area contributed by atoms with E-state index in [2.05, 4.69) is 0 Å². The largest absolute Gasteiger partial charge is 0.508 e. The Labute approximate surface area is 153 Å². The Morgan fingerprint density at radius 1 is 1.11 bits per heavy atom. The van der Waals surface area contributed by atoms with Gasteiger partial charge in [-0.05, 0) is 35.9 Å². The number of fused-ring (bicyclic) bond motifs is 2. The number of phenolic OH excluding ortho intramolecular Hbond substituents is 1. The van der Waals surface area contributed by atoms with Gasteiger partial charge in [0.25, 0.3) is 0 Å². The molecule has 1 aromatic heterocycles. The number of hydrogen-bond donors (Lipinski definition) is 1. The molecule has 0 bridgehead atoms. The number of esters is 1. The summed E-state index contributed by atoms with van der Waals surface area (Å²) in [5.74, 6) is 0.700. The number of ether oxygens (including phenoxy) is 3. The van der Waals surface area contributed by atoms with E-state index in [0.29, 0.717) is 22.4 Å². The first-order valence-corrected chi connectivity index (χ1v) is 8.09. The Kier molecular flexibility index (Phi) is 4.25. The van der Waals surface area contributed by atoms with Crippen molar-refractivity contribution in [2.45, 2.75) is 6.61 Å². The molecule has 0 unspecified atom stereocenters. The molecule has 0 amide bonds. The first-order chi connectivity index (χ1) is 13.1. The number of carbonyl (C=O) groups excluding carboxylic acids is 1. The summed E-state index contributed by atoms with van der Waals surface area (Å²) in [7, 11) is 0. The molecule has 0 spiro atoms. The van der Waals surface area contributed by atoms with Gasteiger partial charge in [0, 0.05) is 29.2 Å². The van der Waals surface area contributed by atoms with Crippen molar-refractivity contribution in [3.05, 3.63) is 70.1 Å². The molecule has 27 heavy (non-hydrogen) atoms. The number of benzene rings is 2. The Morgan fingerprint density at radius 3 is 2.85 bits per heavy atom. The fourth-order valence-corrected chi connectivity index (χ4v) is 2.72. The molecular formula is C20H14O7. The van der Waals surface area contributed by atoms with Gasteiger partial charge in [0.1, 0.15) is 17.9 Å². The van der Waals surface area contributed by atoms with Crippen LogP contribution in [0, 0.1) is 0 Å². The van der Waals surface area contributed by atoms with Gasteiger partial charge >= 0.3 is 11.6 Å². The van der Waals surface area contributed by atoms with Gasteiger partial charge in [-0.1, -0.05) is 6.07 Å². The van der Waals surface area contributed by atoms with E-state index in [-0.39, 0.29) is 24.7 Å². The molecule has 0 atom stereocenters. The predicted octanol–water partition coefficient (Wildman–Crippen LogP) is 2.98. The van der Waals surface area contributed by atoms with Crippen molar-refractivity contribution in [1.29, 1.82) is 0 Å². The minimum absolute atomic E-state index is 0.0218. The van der Waals surface area contributed by atoms with Gasteiger partial charge in [-0.2, -0.15) is 0 Å². The van der Waals surface area contributed by atoms with Gasteiger partial charge in [-0.15, -0.1) is 0 Å². The molecule has 3 aromatic rings. The fraction of sp³-hybridized carbons (Fsp3) is 0.100. The molecule has 1 aliphatic heterocycles. The second-order valence-corrected chi connectivity index (χ2v) is 5.82. The smallest absolute Gasteiger partial charge is 0.336 e. The van der Waals surface area contributed by atoms with Crippen LogP contribution in [0.3, 0.4) is 0 Å². The zero-order valence-electron chi connectivity index (χ0n) is 14.0. The van der Waals surface area contributed by atoms with Gasteiger partial charge in [0.2, 0.25) is 6.79 Å². The number of rotatable bonds is 4. The maximum Gasteiger partial charge on any atom is 0.336 e. The van der Waals surface area contributed by atoms with E-state index in [4.69, 9.17) is 18.6 Å². The van der Waals surface area contributed by atoms with Crippen LogP contribution in [0.1, 0.15) is 11.1 Å². The Morgan fingerprint density at radius 2 is 1.96 bits per heavy atom. The first kappa shape index (κ1) is 16.7. The van der Waals surface area contributed by atoms with E-state index in [1.807, 2.05) is 0 Å². The molecule has 7 nitrogen and oxygen atoms in total. The number of hydrogen-bond acceptors (Lipinski definition) is 7. The van der Waals surface area contributed by atoms with Crippen LogP contribution in [-0.2, 0) is 16.1 Å². The van der Waals surface area contributed by atoms with E-state index in [9.17, 15) is 14.7 Å². The van der Waals surface area contributed by atoms with E-state index in [1.165, 1.54) is 24.3 Å². The van der Waals surface area contributed by atoms with Crippen molar-refractivity contribution in [1.82, 2.24) is 0 Å². The molecule has 2 aromatic carbocycles. The summed E-state index contributed by atoms with van der Waals surface area (Å²) in [4.78, 5) is 23.6. The highest BCUT2D eigenvalue weighted by atomic mass is 16.7. The summed E-state index contributed by atoms with van der Waals surface area (Å²) >= 11 is 0. The highest BCUT2D eigenvalue weighted by Gasteiger charge is 2.12. The molecule has 7 heteroatoms. The van der Waals surface area contributed by atoms with Gasteiger partial charge in [-0.3, -0.25) is 0 Å². The summed E-state index contributed by atoms with van der Waals surface area (Å²) < 4.78 is 20.8. The van der Waals surface area contributed by atoms with E-state index in [1.54, 1.807) is 30.3 Å². The molecule has 1 aliphatic rings. The average molecular weight is 366 g/mol. The third kappa shape index (κ3) is 3.62. The van der Waals surface area contributed by atoms with Gasteiger partial charge in [0.05, 0.1) is 0 Å². The lowest BCUT2D eigenvalue weighted by Gasteiger charge is -2.06. The molecule has 0 radical (unpaired) electrons. The van der Waals surface area contributed by atoms with E-state index in [0.717, 1.165) is 5.56 Å². The summed E-state index contributed by atoms with van der Waals surface area (Å²) in [5.41, 5.74) is 0.892. The van der Waals surface area contributed by atoms with Crippen LogP contribution in [0.15, 0.2) is 57.8 Å². The van der Waals surface area contributed by atoms with Crippen molar-refractivity contribution in [2.24, 2.45) is 0 Å². The Balaban J connectivity index is 1.46. The van der Waals surface area contributed by atoms with E-state index >= 15 is 0 Å². The molecule has 4 rings (SSSR count). The molecule has 2 heterocycles. The minimum Gasteiger partial charge on any atom is -0.508 e. The Hall–Kier alpha value is -3.74. The number of carbonyl (C=O) groups is 1. The van der Waals surface area contributed by atoms with Crippen molar-refractivity contribution in [3.8, 4) is 17.2 Å². The van der Waals surface area contributed by atoms with Crippen LogP contribution >= 0.6 is 0 Å². The lowest BCUT2D eigenvalue weighted by Crippen LogP contribution is -2.05. The summed E-state index contributed by atoms with van der Waals surface area (Å²) in [6.45, 7) is 0.0819. The van der Waals surface area contributed by atoms with Crippen molar-refractivity contribution >= 4 is 23.0 Å². The monoisotopic (exact) mass is 366 g/mol. The molecule has 0 saturated heterocycles. The fourth-order valence-electron chi connectivity index (χ4n) is 2.72. The van der Waals surface area contributed by atoms with Gasteiger partial charge in [-0.25, -0.2) is 9.59 Å². The predicted molar refractivity (Wildman–Crippen MR) is 95.5 cm³/mol. The highest BCUT2D eigenvalue weighted by Crippen LogP contribution is 2.32. The molecule has 136 valence electrons. The quantitative estimate of drug-likeness (QED) is 0.431. The van der Waals surface area contributed by atoms with Crippen LogP contribution in [0.25, 0.3) is 17.0 Å². The second kappa shape index (κ2) is 6.87. The topological polar surface area (TPSA) is 95.2 Å². The number of phenols is 1. The highest BCUT2D eigenvalue weighted by molar-refractivity contribution is 5.87. The zero-order chi connectivity index (χ0) is 18.8. The zero-order valence-corrected chi connectivity index (χ0v) is 14.0. The molecule has 1 N–H and O–H groups in total. The molecule has 0 saturated carbocycles. The number of aromatic hydroxyl groups is 1. The third-order valence-corrected chi connectivity index (χ3v) is 3.99. The first-order valence-electron chi connectivity index (χ1n) is 8.09. The van der Waals surface area contributed by atoms with Crippen LogP contribution in [0.2, 0.25) is 0 Å². The average Bonchev–Trinajstić information content (AvgIpc) is 3.11. The summed E-state index contributed by atoms with van der Waals surface area (Å²) in [6.07, 6.45) is 2.89. The lowest BCUT2D eigenvalue weighted by atomic mass is 10.1. The van der Waals surface area contributed by atoms with Crippen LogP contribution < -0.4 is 15.1 Å². The van der Waals surface area contributed by atoms with Crippen LogP contribution in [0.4, 0.5) is 0 Å². The molecule has 0 fully saturated rings. The molecular weight excluding hydrogens is 352 g/mol. The maximum atomic E-state index is 12.0. The summed E-state index contributed by atoms with van der Waals surface area (Å²) in [6, 6.07) is 11.0. The van der Waals surface area contributed by atoms with Crippen molar-refractivity contribution in [2.75, 3.05) is 6.79 Å². The van der Waals surface area contributed by atoms with Gasteiger partial charge in [0.15, 0.2) is 11.5 Å². The SMILES string of the molecule is O=C(/C=C/c1ccc2c(c1)OCO2)OCc1cc(=O)oc2cc(O)ccc12. The van der Waals surface area contributed by atoms with Crippen LogP contribution in [0.5, 0.6) is 17.2 Å². The Bertz CT molecular complexity index is 1110. The molecule has 0 aliphatic carbocycles. The normalized spacial score (nSPS) is 12.6. The van der Waals surface area contributed by atoms with Crippen LogP contribution in [-0.4, -0.2) is 17.9 Å². The standard InChI is InChI=1S/C20H14O7/c21-14-3-4-15-13(8-20(23)27-17(15)9-14)10-24-19(22)6-2-12-1-5-16-18(7-12)26-11-25-16/h1-9,21H,10-11H2/b6-2+. The maximum absolute atomic E-state index is 12.0. The third-order valence-electron chi connectivity index (χ3n) is 3.99. The van der Waals surface area contributed by atoms with Crippen molar-refractivity contribution < 1.29 is 28.5 Å². The second-order valence-electron chi connectivity index (χ2n) is 5.82. The van der Waals surface area contributed by atoms with Gasteiger partial charge < -0.3 is 23.7 Å². The lowest BCUT2D eigenvalue weighted by molar-refractivity contribution is -0.138. The van der Waals surface area contributed by atoms with E-state index < -0.39 is 11.6 Å².